The van der Waals surface area contributed by atoms with Gasteiger partial charge in [-0.25, -0.2) is 0 Å². The third kappa shape index (κ3) is 2.87. The maximum absolute atomic E-state index is 4.21. The molecule has 2 aromatic rings. The first-order chi connectivity index (χ1) is 6.88. The average molecular weight is 192 g/mol. The van der Waals surface area contributed by atoms with Crippen LogP contribution in [0.25, 0.3) is 11.0 Å². The van der Waals surface area contributed by atoms with Gasteiger partial charge in [-0.05, 0) is 24.6 Å². The molecule has 0 radical (unpaired) electrons. The highest BCUT2D eigenvalue weighted by atomic mass is 14.8. The van der Waals surface area contributed by atoms with Crippen molar-refractivity contribution in [2.45, 2.75) is 34.6 Å². The topological polar surface area (TPSA) is 28.7 Å². The summed E-state index contributed by atoms with van der Waals surface area (Å²) in [5, 5.41) is 0. The summed E-state index contributed by atoms with van der Waals surface area (Å²) in [6, 6.07) is 3.95. The predicted molar refractivity (Wildman–Crippen MR) is 63.5 cm³/mol. The van der Waals surface area contributed by atoms with Crippen molar-refractivity contribution >= 4 is 11.0 Å². The van der Waals surface area contributed by atoms with Crippen molar-refractivity contribution in [2.75, 3.05) is 0 Å². The second-order valence-corrected chi connectivity index (χ2v) is 2.37. The molecule has 0 atom stereocenters. The quantitative estimate of drug-likeness (QED) is 0.673. The summed E-state index contributed by atoms with van der Waals surface area (Å²) in [5.74, 6) is 0. The minimum atomic E-state index is 1.07. The van der Waals surface area contributed by atoms with Crippen LogP contribution in [0.1, 0.15) is 33.3 Å². The normalized spacial score (nSPS) is 8.36. The van der Waals surface area contributed by atoms with Gasteiger partial charge in [0, 0.05) is 12.4 Å². The molecule has 0 unspecified atom stereocenters. The lowest BCUT2D eigenvalue weighted by molar-refractivity contribution is 1.39. The van der Waals surface area contributed by atoms with Gasteiger partial charge < -0.3 is 4.98 Å². The molecule has 0 amide bonds. The minimum Gasteiger partial charge on any atom is -0.360 e. The Morgan fingerprint density at radius 2 is 1.79 bits per heavy atom. The molecule has 0 aliphatic carbocycles. The molecule has 2 heteroatoms. The molecule has 0 aliphatic rings. The van der Waals surface area contributed by atoms with E-state index in [1.165, 1.54) is 5.56 Å². The van der Waals surface area contributed by atoms with Crippen molar-refractivity contribution in [1.29, 1.82) is 0 Å². The van der Waals surface area contributed by atoms with Crippen LogP contribution in [0.5, 0.6) is 0 Å². The highest BCUT2D eigenvalue weighted by Gasteiger charge is 1.96. The van der Waals surface area contributed by atoms with Crippen molar-refractivity contribution in [3.05, 3.63) is 30.1 Å². The van der Waals surface area contributed by atoms with E-state index < -0.39 is 0 Å². The number of pyridine rings is 1. The number of nitrogens with zero attached hydrogens (tertiary/aromatic N) is 1. The molecule has 78 valence electrons. The first-order valence-corrected chi connectivity index (χ1v) is 5.26. The van der Waals surface area contributed by atoms with Crippen molar-refractivity contribution < 1.29 is 0 Å². The van der Waals surface area contributed by atoms with E-state index in [1.54, 1.807) is 0 Å². The third-order valence-electron chi connectivity index (χ3n) is 1.63. The lowest BCUT2D eigenvalue weighted by atomic mass is 10.3. The number of aromatic nitrogens is 2. The Balaban J connectivity index is 0.000000379. The number of hydrogen-bond acceptors (Lipinski definition) is 1. The Bertz CT molecular complexity index is 350. The average Bonchev–Trinajstić information content (AvgIpc) is 2.67. The smallest absolute Gasteiger partial charge is 0.0907 e. The van der Waals surface area contributed by atoms with Crippen LogP contribution in [-0.4, -0.2) is 9.97 Å². The fourth-order valence-corrected chi connectivity index (χ4v) is 1.09. The molecule has 0 bridgehead atoms. The Hall–Kier alpha value is -1.31. The minimum absolute atomic E-state index is 1.07. The third-order valence-corrected chi connectivity index (χ3v) is 1.63. The zero-order valence-corrected chi connectivity index (χ0v) is 9.76. The van der Waals surface area contributed by atoms with Crippen LogP contribution in [0.3, 0.4) is 0 Å². The SMILES string of the molecule is CC.CC.Cc1c[nH]c2cccnc12. The summed E-state index contributed by atoms with van der Waals surface area (Å²) in [6.45, 7) is 10.0. The van der Waals surface area contributed by atoms with Crippen LogP contribution < -0.4 is 0 Å². The van der Waals surface area contributed by atoms with E-state index in [0.717, 1.165) is 11.0 Å². The van der Waals surface area contributed by atoms with E-state index >= 15 is 0 Å². The zero-order chi connectivity index (χ0) is 11.0. The van der Waals surface area contributed by atoms with Gasteiger partial charge in [-0.1, -0.05) is 27.7 Å². The van der Waals surface area contributed by atoms with Crippen LogP contribution in [0.15, 0.2) is 24.5 Å². The van der Waals surface area contributed by atoms with E-state index in [9.17, 15) is 0 Å². The summed E-state index contributed by atoms with van der Waals surface area (Å²) < 4.78 is 0. The van der Waals surface area contributed by atoms with Gasteiger partial charge >= 0.3 is 0 Å². The van der Waals surface area contributed by atoms with E-state index in [1.807, 2.05) is 59.1 Å². The molecule has 1 N–H and O–H groups in total. The molecule has 2 heterocycles. The second kappa shape index (κ2) is 7.13. The van der Waals surface area contributed by atoms with Gasteiger partial charge in [0.25, 0.3) is 0 Å². The van der Waals surface area contributed by atoms with E-state index in [-0.39, 0.29) is 0 Å². The molecule has 0 aromatic carbocycles. The summed E-state index contributed by atoms with van der Waals surface area (Å²) in [4.78, 5) is 7.33. The molecule has 0 fully saturated rings. The van der Waals surface area contributed by atoms with Crippen LogP contribution >= 0.6 is 0 Å². The lowest BCUT2D eigenvalue weighted by Crippen LogP contribution is -1.72. The highest BCUT2D eigenvalue weighted by Crippen LogP contribution is 2.12. The molecule has 0 aliphatic heterocycles. The number of hydrogen-bond donors (Lipinski definition) is 1. The molecule has 14 heavy (non-hydrogen) atoms. The van der Waals surface area contributed by atoms with Crippen LogP contribution in [-0.2, 0) is 0 Å². The summed E-state index contributed by atoms with van der Waals surface area (Å²) in [6.07, 6.45) is 3.78. The Morgan fingerprint density at radius 3 is 2.36 bits per heavy atom. The number of aryl methyl sites for hydroxylation is 1. The Labute approximate surface area is 86.4 Å². The number of aromatic amines is 1. The summed E-state index contributed by atoms with van der Waals surface area (Å²) >= 11 is 0. The standard InChI is InChI=1S/C8H8N2.2C2H6/c1-6-5-10-7-3-2-4-9-8(6)7;2*1-2/h2-5,10H,1H3;2*1-2H3. The van der Waals surface area contributed by atoms with E-state index in [0.29, 0.717) is 0 Å². The van der Waals surface area contributed by atoms with Gasteiger partial charge in [-0.3, -0.25) is 4.98 Å². The van der Waals surface area contributed by atoms with Gasteiger partial charge in [-0.15, -0.1) is 0 Å². The zero-order valence-electron chi connectivity index (χ0n) is 9.76. The molecule has 0 saturated carbocycles. The Kier molecular flexibility index (Phi) is 6.46. The van der Waals surface area contributed by atoms with Gasteiger partial charge in [0.2, 0.25) is 0 Å². The maximum atomic E-state index is 4.21. The van der Waals surface area contributed by atoms with Gasteiger partial charge in [0.15, 0.2) is 0 Å². The van der Waals surface area contributed by atoms with E-state index in [2.05, 4.69) is 9.97 Å². The van der Waals surface area contributed by atoms with Crippen molar-refractivity contribution in [3.8, 4) is 0 Å². The van der Waals surface area contributed by atoms with Gasteiger partial charge in [0.1, 0.15) is 0 Å². The van der Waals surface area contributed by atoms with Crippen molar-refractivity contribution in [3.63, 3.8) is 0 Å². The summed E-state index contributed by atoms with van der Waals surface area (Å²) in [5.41, 5.74) is 3.39. The van der Waals surface area contributed by atoms with Gasteiger partial charge in [-0.2, -0.15) is 0 Å². The largest absolute Gasteiger partial charge is 0.360 e. The van der Waals surface area contributed by atoms with Crippen molar-refractivity contribution in [2.24, 2.45) is 0 Å². The molecule has 2 nitrogen and oxygen atoms in total. The molecule has 0 saturated heterocycles. The fraction of sp³-hybridized carbons (Fsp3) is 0.417. The fourth-order valence-electron chi connectivity index (χ4n) is 1.09. The van der Waals surface area contributed by atoms with Crippen LogP contribution in [0, 0.1) is 6.92 Å². The number of nitrogens with one attached hydrogen (secondary N) is 1. The number of fused-ring (bicyclic) bond motifs is 1. The number of H-pyrrole nitrogens is 1. The molecule has 0 spiro atoms. The van der Waals surface area contributed by atoms with E-state index in [4.69, 9.17) is 0 Å². The first-order valence-electron chi connectivity index (χ1n) is 5.26. The maximum Gasteiger partial charge on any atom is 0.0907 e. The molecular weight excluding hydrogens is 172 g/mol. The van der Waals surface area contributed by atoms with Crippen molar-refractivity contribution in [1.82, 2.24) is 9.97 Å². The van der Waals surface area contributed by atoms with Gasteiger partial charge in [0.05, 0.1) is 11.0 Å². The first kappa shape index (κ1) is 12.7. The van der Waals surface area contributed by atoms with Crippen LogP contribution in [0.2, 0.25) is 0 Å². The molecular formula is C12H20N2. The Morgan fingerprint density at radius 1 is 1.14 bits per heavy atom. The molecule has 2 aromatic heterocycles. The second-order valence-electron chi connectivity index (χ2n) is 2.37. The monoisotopic (exact) mass is 192 g/mol. The molecule has 2 rings (SSSR count). The lowest BCUT2D eigenvalue weighted by Gasteiger charge is -1.86. The highest BCUT2D eigenvalue weighted by molar-refractivity contribution is 5.77. The van der Waals surface area contributed by atoms with Crippen LogP contribution in [0.4, 0.5) is 0 Å². The predicted octanol–water partition coefficient (Wildman–Crippen LogP) is 3.92. The number of rotatable bonds is 0. The summed E-state index contributed by atoms with van der Waals surface area (Å²) in [7, 11) is 0.